The Morgan fingerprint density at radius 3 is 2.43 bits per heavy atom. The molecule has 0 aliphatic heterocycles. The Hall–Kier alpha value is -2.29. The molecular formula is C18H22N2O. The molecule has 1 unspecified atom stereocenters. The smallest absolute Gasteiger partial charge is 0.220 e. The van der Waals surface area contributed by atoms with Crippen LogP contribution in [-0.2, 0) is 11.2 Å². The maximum Gasteiger partial charge on any atom is 0.220 e. The van der Waals surface area contributed by atoms with Crippen LogP contribution in [0, 0.1) is 0 Å². The second-order valence-corrected chi connectivity index (χ2v) is 5.14. The van der Waals surface area contributed by atoms with Crippen LogP contribution in [0.1, 0.15) is 36.9 Å². The van der Waals surface area contributed by atoms with Crippen molar-refractivity contribution in [2.24, 2.45) is 0 Å². The summed E-state index contributed by atoms with van der Waals surface area (Å²) < 4.78 is 0. The number of nitrogens with one attached hydrogen (secondary N) is 1. The molecule has 2 rings (SSSR count). The lowest BCUT2D eigenvalue weighted by molar-refractivity contribution is -0.121. The number of rotatable bonds is 6. The minimum atomic E-state index is 0.0638. The van der Waals surface area contributed by atoms with E-state index in [9.17, 15) is 4.79 Å². The quantitative estimate of drug-likeness (QED) is 0.797. The van der Waals surface area contributed by atoms with Gasteiger partial charge in [-0.2, -0.15) is 0 Å². The Morgan fingerprint density at radius 2 is 1.76 bits per heavy atom. The van der Waals surface area contributed by atoms with Crippen LogP contribution < -0.4 is 11.1 Å². The standard InChI is InChI=1S/C18H22N2O/c1-2-17(15-9-4-3-5-10-15)20-18(21)13-12-14-8-6-7-11-16(14)19/h3-11,17H,2,12-13,19H2,1H3,(H,20,21). The van der Waals surface area contributed by atoms with Crippen molar-refractivity contribution in [1.82, 2.24) is 5.32 Å². The van der Waals surface area contributed by atoms with Crippen LogP contribution in [0.3, 0.4) is 0 Å². The van der Waals surface area contributed by atoms with Crippen LogP contribution in [0.15, 0.2) is 54.6 Å². The molecule has 0 bridgehead atoms. The number of amides is 1. The number of nitrogens with two attached hydrogens (primary N) is 1. The highest BCUT2D eigenvalue weighted by atomic mass is 16.1. The summed E-state index contributed by atoms with van der Waals surface area (Å²) in [6.45, 7) is 2.08. The normalized spacial score (nSPS) is 11.9. The van der Waals surface area contributed by atoms with E-state index < -0.39 is 0 Å². The molecule has 21 heavy (non-hydrogen) atoms. The molecule has 2 aromatic carbocycles. The first kappa shape index (κ1) is 15.1. The number of aryl methyl sites for hydroxylation is 1. The number of para-hydroxylation sites is 1. The summed E-state index contributed by atoms with van der Waals surface area (Å²) in [6.07, 6.45) is 2.00. The van der Waals surface area contributed by atoms with Gasteiger partial charge in [0.15, 0.2) is 0 Å². The minimum Gasteiger partial charge on any atom is -0.399 e. The second-order valence-electron chi connectivity index (χ2n) is 5.14. The Morgan fingerprint density at radius 1 is 1.10 bits per heavy atom. The van der Waals surface area contributed by atoms with Crippen molar-refractivity contribution < 1.29 is 4.79 Å². The number of hydrogen-bond acceptors (Lipinski definition) is 2. The maximum absolute atomic E-state index is 12.1. The highest BCUT2D eigenvalue weighted by Crippen LogP contribution is 2.17. The van der Waals surface area contributed by atoms with Gasteiger partial charge in [-0.3, -0.25) is 4.79 Å². The average molecular weight is 282 g/mol. The van der Waals surface area contributed by atoms with Crippen LogP contribution in [0.2, 0.25) is 0 Å². The molecule has 3 N–H and O–H groups in total. The van der Waals surface area contributed by atoms with Gasteiger partial charge in [0.1, 0.15) is 0 Å². The van der Waals surface area contributed by atoms with Gasteiger partial charge in [0.2, 0.25) is 5.91 Å². The second kappa shape index (κ2) is 7.48. The molecule has 2 aromatic rings. The topological polar surface area (TPSA) is 55.1 Å². The van der Waals surface area contributed by atoms with Gasteiger partial charge in [-0.15, -0.1) is 0 Å². The maximum atomic E-state index is 12.1. The van der Waals surface area contributed by atoms with E-state index in [0.29, 0.717) is 12.8 Å². The van der Waals surface area contributed by atoms with Crippen LogP contribution in [0.25, 0.3) is 0 Å². The largest absolute Gasteiger partial charge is 0.399 e. The summed E-state index contributed by atoms with van der Waals surface area (Å²) in [5.74, 6) is 0.0638. The molecule has 1 amide bonds. The summed E-state index contributed by atoms with van der Waals surface area (Å²) in [7, 11) is 0. The molecule has 110 valence electrons. The predicted molar refractivity (Wildman–Crippen MR) is 86.8 cm³/mol. The zero-order valence-corrected chi connectivity index (χ0v) is 12.4. The predicted octanol–water partition coefficient (Wildman–Crippen LogP) is 3.47. The van der Waals surface area contributed by atoms with E-state index in [0.717, 1.165) is 23.2 Å². The van der Waals surface area contributed by atoms with Crippen molar-refractivity contribution in [2.45, 2.75) is 32.2 Å². The number of carbonyl (C=O) groups excluding carboxylic acids is 1. The summed E-state index contributed by atoms with van der Waals surface area (Å²) in [4.78, 5) is 12.1. The van der Waals surface area contributed by atoms with Crippen LogP contribution in [0.4, 0.5) is 5.69 Å². The molecular weight excluding hydrogens is 260 g/mol. The number of nitrogen functional groups attached to an aromatic ring is 1. The van der Waals surface area contributed by atoms with Crippen molar-refractivity contribution in [1.29, 1.82) is 0 Å². The number of benzene rings is 2. The highest BCUT2D eigenvalue weighted by Gasteiger charge is 2.12. The fourth-order valence-electron chi connectivity index (χ4n) is 2.38. The lowest BCUT2D eigenvalue weighted by Crippen LogP contribution is -2.28. The van der Waals surface area contributed by atoms with Crippen molar-refractivity contribution in [3.8, 4) is 0 Å². The van der Waals surface area contributed by atoms with E-state index in [1.807, 2.05) is 54.6 Å². The van der Waals surface area contributed by atoms with E-state index in [-0.39, 0.29) is 11.9 Å². The lowest BCUT2D eigenvalue weighted by Gasteiger charge is -2.17. The van der Waals surface area contributed by atoms with E-state index in [4.69, 9.17) is 5.73 Å². The SMILES string of the molecule is CCC(NC(=O)CCc1ccccc1N)c1ccccc1. The number of carbonyl (C=O) groups is 1. The molecule has 0 saturated heterocycles. The Labute approximate surface area is 126 Å². The monoisotopic (exact) mass is 282 g/mol. The summed E-state index contributed by atoms with van der Waals surface area (Å²) in [6, 6.07) is 17.8. The Balaban J connectivity index is 1.90. The van der Waals surface area contributed by atoms with Gasteiger partial charge in [-0.05, 0) is 30.0 Å². The van der Waals surface area contributed by atoms with Crippen LogP contribution >= 0.6 is 0 Å². The third-order valence-electron chi connectivity index (χ3n) is 3.62. The molecule has 1 atom stereocenters. The average Bonchev–Trinajstić information content (AvgIpc) is 2.52. The first-order chi connectivity index (χ1) is 10.2. The van der Waals surface area contributed by atoms with Crippen molar-refractivity contribution in [3.05, 3.63) is 65.7 Å². The minimum absolute atomic E-state index is 0.0638. The van der Waals surface area contributed by atoms with E-state index in [1.54, 1.807) is 0 Å². The van der Waals surface area contributed by atoms with Crippen molar-refractivity contribution >= 4 is 11.6 Å². The summed E-state index contributed by atoms with van der Waals surface area (Å²) in [5.41, 5.74) is 8.82. The highest BCUT2D eigenvalue weighted by molar-refractivity contribution is 5.77. The third-order valence-corrected chi connectivity index (χ3v) is 3.62. The summed E-state index contributed by atoms with van der Waals surface area (Å²) >= 11 is 0. The molecule has 0 spiro atoms. The fourth-order valence-corrected chi connectivity index (χ4v) is 2.38. The molecule has 3 nitrogen and oxygen atoms in total. The summed E-state index contributed by atoms with van der Waals surface area (Å²) in [5, 5.41) is 3.09. The molecule has 0 fully saturated rings. The Bertz CT molecular complexity index is 581. The zero-order chi connectivity index (χ0) is 15.1. The molecule has 0 aromatic heterocycles. The number of hydrogen-bond donors (Lipinski definition) is 2. The number of anilines is 1. The molecule has 0 saturated carbocycles. The molecule has 0 heterocycles. The molecule has 0 aliphatic rings. The van der Waals surface area contributed by atoms with Crippen molar-refractivity contribution in [2.75, 3.05) is 5.73 Å². The van der Waals surface area contributed by atoms with Gasteiger partial charge in [0.05, 0.1) is 6.04 Å². The van der Waals surface area contributed by atoms with Gasteiger partial charge in [-0.1, -0.05) is 55.5 Å². The fraction of sp³-hybridized carbons (Fsp3) is 0.278. The van der Waals surface area contributed by atoms with Gasteiger partial charge in [0, 0.05) is 12.1 Å². The van der Waals surface area contributed by atoms with Gasteiger partial charge < -0.3 is 11.1 Å². The van der Waals surface area contributed by atoms with E-state index >= 15 is 0 Å². The third kappa shape index (κ3) is 4.35. The first-order valence-corrected chi connectivity index (χ1v) is 7.38. The van der Waals surface area contributed by atoms with Crippen LogP contribution in [-0.4, -0.2) is 5.91 Å². The van der Waals surface area contributed by atoms with Crippen molar-refractivity contribution in [3.63, 3.8) is 0 Å². The van der Waals surface area contributed by atoms with E-state index in [2.05, 4.69) is 12.2 Å². The van der Waals surface area contributed by atoms with E-state index in [1.165, 1.54) is 0 Å². The Kier molecular flexibility index (Phi) is 5.38. The van der Waals surface area contributed by atoms with Gasteiger partial charge >= 0.3 is 0 Å². The van der Waals surface area contributed by atoms with Crippen LogP contribution in [0.5, 0.6) is 0 Å². The first-order valence-electron chi connectivity index (χ1n) is 7.38. The molecule has 3 heteroatoms. The van der Waals surface area contributed by atoms with Gasteiger partial charge in [0.25, 0.3) is 0 Å². The molecule has 0 aliphatic carbocycles. The zero-order valence-electron chi connectivity index (χ0n) is 12.4. The van der Waals surface area contributed by atoms with Gasteiger partial charge in [-0.25, -0.2) is 0 Å². The molecule has 0 radical (unpaired) electrons. The lowest BCUT2D eigenvalue weighted by atomic mass is 10.0.